The number of thiazole rings is 1. The predicted octanol–water partition coefficient (Wildman–Crippen LogP) is 6.55. The highest BCUT2D eigenvalue weighted by Crippen LogP contribution is 2.39. The van der Waals surface area contributed by atoms with E-state index >= 15 is 0 Å². The Hall–Kier alpha value is -2.50. The average molecular weight is 475 g/mol. The fourth-order valence-electron chi connectivity index (χ4n) is 5.56. The van der Waals surface area contributed by atoms with Crippen molar-refractivity contribution in [3.63, 3.8) is 0 Å². The number of fused-ring (bicyclic) bond motifs is 1. The molecule has 0 bridgehead atoms. The Morgan fingerprint density at radius 3 is 2.53 bits per heavy atom. The van der Waals surface area contributed by atoms with Crippen molar-refractivity contribution in [2.75, 3.05) is 13.1 Å². The van der Waals surface area contributed by atoms with E-state index in [1.165, 1.54) is 27.3 Å². The molecule has 1 aliphatic heterocycles. The summed E-state index contributed by atoms with van der Waals surface area (Å²) in [4.78, 5) is 18.5. The van der Waals surface area contributed by atoms with Gasteiger partial charge in [-0.25, -0.2) is 4.98 Å². The second kappa shape index (κ2) is 10.8. The van der Waals surface area contributed by atoms with Gasteiger partial charge in [-0.3, -0.25) is 9.69 Å². The molecule has 1 N–H and O–H groups in total. The van der Waals surface area contributed by atoms with Gasteiger partial charge in [0.25, 0.3) is 0 Å². The predicted molar refractivity (Wildman–Crippen MR) is 138 cm³/mol. The molecule has 0 saturated heterocycles. The van der Waals surface area contributed by atoms with Crippen LogP contribution >= 0.6 is 11.3 Å². The van der Waals surface area contributed by atoms with E-state index in [4.69, 9.17) is 10.1 Å². The minimum Gasteiger partial charge on any atom is -0.481 e. The molecule has 0 radical (unpaired) electrons. The molecule has 0 unspecified atom stereocenters. The van der Waals surface area contributed by atoms with Crippen LogP contribution in [0.3, 0.4) is 0 Å². The number of aliphatic carboxylic acids is 1. The molecule has 5 heteroatoms. The number of benzene rings is 2. The first-order valence-corrected chi connectivity index (χ1v) is 13.6. The van der Waals surface area contributed by atoms with Gasteiger partial charge in [0.05, 0.1) is 10.7 Å². The van der Waals surface area contributed by atoms with E-state index < -0.39 is 5.97 Å². The number of carboxylic acids is 1. The molecule has 0 atom stereocenters. The largest absolute Gasteiger partial charge is 0.481 e. The fraction of sp³-hybridized carbons (Fsp3) is 0.448. The van der Waals surface area contributed by atoms with E-state index in [1.807, 2.05) is 0 Å². The molecule has 178 valence electrons. The van der Waals surface area contributed by atoms with Crippen LogP contribution in [0.1, 0.15) is 66.1 Å². The molecule has 5 rings (SSSR count). The number of aromatic nitrogens is 1. The molecular formula is C29H34N2O2S. The molecule has 2 aromatic carbocycles. The second-order valence-corrected chi connectivity index (χ2v) is 10.9. The Morgan fingerprint density at radius 1 is 1.00 bits per heavy atom. The Morgan fingerprint density at radius 2 is 1.76 bits per heavy atom. The quantitative estimate of drug-likeness (QED) is 0.422. The van der Waals surface area contributed by atoms with E-state index in [2.05, 4.69) is 58.8 Å². The highest BCUT2D eigenvalue weighted by molar-refractivity contribution is 7.10. The average Bonchev–Trinajstić information content (AvgIpc) is 3.27. The summed E-state index contributed by atoms with van der Waals surface area (Å²) in [6.07, 6.45) is 7.86. The van der Waals surface area contributed by atoms with Crippen LogP contribution in [0, 0.1) is 5.92 Å². The molecule has 2 aliphatic rings. The molecule has 1 aliphatic carbocycles. The number of nitrogens with zero attached hydrogens (tertiary/aromatic N) is 2. The minimum atomic E-state index is -0.670. The maximum atomic E-state index is 10.9. The molecule has 34 heavy (non-hydrogen) atoms. The lowest BCUT2D eigenvalue weighted by Crippen LogP contribution is -2.25. The minimum absolute atomic E-state index is 0.305. The van der Waals surface area contributed by atoms with Crippen LogP contribution in [0.2, 0.25) is 0 Å². The van der Waals surface area contributed by atoms with E-state index in [-0.39, 0.29) is 0 Å². The van der Waals surface area contributed by atoms with Crippen molar-refractivity contribution in [3.8, 4) is 11.3 Å². The van der Waals surface area contributed by atoms with Gasteiger partial charge in [-0.05, 0) is 73.6 Å². The maximum Gasteiger partial charge on any atom is 0.303 e. The first-order chi connectivity index (χ1) is 16.6. The summed E-state index contributed by atoms with van der Waals surface area (Å²) in [5.74, 6) is 0.432. The first kappa shape index (κ1) is 23.3. The van der Waals surface area contributed by atoms with Crippen molar-refractivity contribution >= 4 is 17.3 Å². The van der Waals surface area contributed by atoms with Gasteiger partial charge in [0.1, 0.15) is 0 Å². The summed E-state index contributed by atoms with van der Waals surface area (Å²) in [6, 6.07) is 17.7. The van der Waals surface area contributed by atoms with Crippen LogP contribution in [0.5, 0.6) is 0 Å². The van der Waals surface area contributed by atoms with E-state index in [0.29, 0.717) is 18.3 Å². The molecule has 4 nitrogen and oxygen atoms in total. The third-order valence-corrected chi connectivity index (χ3v) is 8.64. The molecular weight excluding hydrogens is 440 g/mol. The van der Waals surface area contributed by atoms with Gasteiger partial charge in [-0.2, -0.15) is 0 Å². The van der Waals surface area contributed by atoms with Crippen LogP contribution in [-0.2, 0) is 24.2 Å². The van der Waals surface area contributed by atoms with Crippen LogP contribution in [0.15, 0.2) is 53.9 Å². The molecule has 1 fully saturated rings. The van der Waals surface area contributed by atoms with Crippen molar-refractivity contribution < 1.29 is 9.90 Å². The summed E-state index contributed by atoms with van der Waals surface area (Å²) < 4.78 is 0. The number of carbonyl (C=O) groups is 1. The van der Waals surface area contributed by atoms with E-state index in [9.17, 15) is 4.79 Å². The standard InChI is InChI=1S/C29H34N2O2S/c32-28(33)13-8-21-6-9-24(10-7-21)29-30-27(20-34-29)26-12-11-23-14-16-31(17-15-25(23)18-26)19-22-4-2-1-3-5-22/h1-5,11-12,18,20-21,24H,6-10,13-17,19H2,(H,32,33). The monoisotopic (exact) mass is 474 g/mol. The lowest BCUT2D eigenvalue weighted by atomic mass is 9.80. The van der Waals surface area contributed by atoms with Gasteiger partial charge in [0, 0.05) is 42.9 Å². The molecule has 3 aromatic rings. The third-order valence-electron chi connectivity index (χ3n) is 7.63. The van der Waals surface area contributed by atoms with Crippen LogP contribution in [0.4, 0.5) is 0 Å². The smallest absolute Gasteiger partial charge is 0.303 e. The van der Waals surface area contributed by atoms with Gasteiger partial charge < -0.3 is 5.11 Å². The molecule has 0 amide bonds. The Labute approximate surface area is 206 Å². The maximum absolute atomic E-state index is 10.9. The Bertz CT molecular complexity index is 1100. The zero-order valence-electron chi connectivity index (χ0n) is 19.8. The zero-order valence-corrected chi connectivity index (χ0v) is 20.6. The first-order valence-electron chi connectivity index (χ1n) is 12.7. The zero-order chi connectivity index (χ0) is 23.3. The van der Waals surface area contributed by atoms with Gasteiger partial charge in [0.2, 0.25) is 0 Å². The van der Waals surface area contributed by atoms with Gasteiger partial charge in [-0.1, -0.05) is 42.5 Å². The summed E-state index contributed by atoms with van der Waals surface area (Å²) in [5.41, 5.74) is 6.70. The van der Waals surface area contributed by atoms with Crippen LogP contribution < -0.4 is 0 Å². The molecule has 0 spiro atoms. The molecule has 2 heterocycles. The Kier molecular flexibility index (Phi) is 7.41. The van der Waals surface area contributed by atoms with Crippen molar-refractivity contribution in [1.82, 2.24) is 9.88 Å². The van der Waals surface area contributed by atoms with E-state index in [1.54, 1.807) is 11.3 Å². The van der Waals surface area contributed by atoms with Crippen molar-refractivity contribution in [2.24, 2.45) is 5.92 Å². The summed E-state index contributed by atoms with van der Waals surface area (Å²) in [7, 11) is 0. The summed E-state index contributed by atoms with van der Waals surface area (Å²) in [6.45, 7) is 3.23. The summed E-state index contributed by atoms with van der Waals surface area (Å²) in [5, 5.41) is 12.4. The normalized spacial score (nSPS) is 21.1. The summed E-state index contributed by atoms with van der Waals surface area (Å²) >= 11 is 1.80. The number of hydrogen-bond donors (Lipinski definition) is 1. The second-order valence-electron chi connectivity index (χ2n) is 9.97. The van der Waals surface area contributed by atoms with Crippen LogP contribution in [-0.4, -0.2) is 34.0 Å². The third kappa shape index (κ3) is 5.76. The van der Waals surface area contributed by atoms with Gasteiger partial charge >= 0.3 is 5.97 Å². The molecule has 1 saturated carbocycles. The SMILES string of the molecule is O=C(O)CCC1CCC(c2nc(-c3ccc4c(c3)CCN(Cc3ccccc3)CC4)cs2)CC1. The fourth-order valence-corrected chi connectivity index (χ4v) is 6.56. The van der Waals surface area contributed by atoms with Crippen LogP contribution in [0.25, 0.3) is 11.3 Å². The number of hydrogen-bond acceptors (Lipinski definition) is 4. The van der Waals surface area contributed by atoms with Crippen molar-refractivity contribution in [3.05, 3.63) is 75.6 Å². The van der Waals surface area contributed by atoms with Crippen molar-refractivity contribution in [2.45, 2.75) is 63.8 Å². The number of carboxylic acid groups (broad SMARTS) is 1. The van der Waals surface area contributed by atoms with Gasteiger partial charge in [-0.15, -0.1) is 11.3 Å². The molecule has 1 aromatic heterocycles. The highest BCUT2D eigenvalue weighted by Gasteiger charge is 2.25. The Balaban J connectivity index is 1.20. The number of rotatable bonds is 7. The highest BCUT2D eigenvalue weighted by atomic mass is 32.1. The van der Waals surface area contributed by atoms with E-state index in [0.717, 1.165) is 70.3 Å². The van der Waals surface area contributed by atoms with Crippen molar-refractivity contribution in [1.29, 1.82) is 0 Å². The topological polar surface area (TPSA) is 53.4 Å². The van der Waals surface area contributed by atoms with Gasteiger partial charge in [0.15, 0.2) is 0 Å². The lowest BCUT2D eigenvalue weighted by Gasteiger charge is -2.26. The lowest BCUT2D eigenvalue weighted by molar-refractivity contribution is -0.137.